The van der Waals surface area contributed by atoms with Crippen molar-refractivity contribution in [2.75, 3.05) is 13.7 Å². The van der Waals surface area contributed by atoms with Crippen molar-refractivity contribution >= 4 is 11.7 Å². The van der Waals surface area contributed by atoms with E-state index in [-0.39, 0.29) is 11.7 Å². The molecule has 2 heterocycles. The molecule has 0 bridgehead atoms. The standard InChI is InChI=1S/C14H15NO3/c1-14-8-9(16)5-6-15(14)13(17)11-7-10(18-2)3-4-12(11)14/h3-4,7H,5-6,8H2,1-2H3. The minimum atomic E-state index is -0.464. The zero-order valence-corrected chi connectivity index (χ0v) is 10.5. The van der Waals surface area contributed by atoms with Crippen LogP contribution < -0.4 is 4.74 Å². The summed E-state index contributed by atoms with van der Waals surface area (Å²) in [6.07, 6.45) is 0.879. The first-order valence-electron chi connectivity index (χ1n) is 6.08. The highest BCUT2D eigenvalue weighted by atomic mass is 16.5. The number of amides is 1. The number of piperidine rings is 1. The lowest BCUT2D eigenvalue weighted by molar-refractivity contribution is -0.124. The van der Waals surface area contributed by atoms with Crippen molar-refractivity contribution in [3.63, 3.8) is 0 Å². The second-order valence-corrected chi connectivity index (χ2v) is 5.11. The van der Waals surface area contributed by atoms with Gasteiger partial charge in [-0.25, -0.2) is 0 Å². The van der Waals surface area contributed by atoms with E-state index in [1.807, 2.05) is 24.0 Å². The molecule has 1 aromatic rings. The van der Waals surface area contributed by atoms with Crippen LogP contribution in [-0.4, -0.2) is 30.2 Å². The van der Waals surface area contributed by atoms with Gasteiger partial charge in [0.05, 0.1) is 12.6 Å². The normalized spacial score (nSPS) is 26.0. The van der Waals surface area contributed by atoms with E-state index < -0.39 is 5.54 Å². The van der Waals surface area contributed by atoms with Crippen molar-refractivity contribution in [3.05, 3.63) is 29.3 Å². The number of carbonyl (C=O) groups excluding carboxylic acids is 2. The van der Waals surface area contributed by atoms with Crippen LogP contribution in [-0.2, 0) is 10.3 Å². The van der Waals surface area contributed by atoms with E-state index in [1.54, 1.807) is 13.2 Å². The van der Waals surface area contributed by atoms with E-state index in [9.17, 15) is 9.59 Å². The monoisotopic (exact) mass is 245 g/mol. The van der Waals surface area contributed by atoms with Gasteiger partial charge >= 0.3 is 0 Å². The zero-order chi connectivity index (χ0) is 12.9. The third-order valence-corrected chi connectivity index (χ3v) is 4.03. The minimum Gasteiger partial charge on any atom is -0.497 e. The van der Waals surface area contributed by atoms with Gasteiger partial charge in [0.15, 0.2) is 0 Å². The lowest BCUT2D eigenvalue weighted by Gasteiger charge is -2.39. The van der Waals surface area contributed by atoms with Crippen LogP contribution in [0.15, 0.2) is 18.2 Å². The highest BCUT2D eigenvalue weighted by molar-refractivity contribution is 6.02. The van der Waals surface area contributed by atoms with Crippen molar-refractivity contribution in [1.82, 2.24) is 4.90 Å². The average Bonchev–Trinajstić information content (AvgIpc) is 2.57. The SMILES string of the molecule is COc1ccc2c(c1)C(=O)N1CCC(=O)CC21C. The van der Waals surface area contributed by atoms with Gasteiger partial charge in [-0.3, -0.25) is 9.59 Å². The van der Waals surface area contributed by atoms with E-state index in [2.05, 4.69) is 0 Å². The number of Topliss-reactive ketones (excluding diaryl/α,β-unsaturated/α-hetero) is 1. The summed E-state index contributed by atoms with van der Waals surface area (Å²) in [6.45, 7) is 2.49. The molecule has 2 aliphatic heterocycles. The molecule has 3 rings (SSSR count). The molecule has 1 saturated heterocycles. The quantitative estimate of drug-likeness (QED) is 0.757. The fraction of sp³-hybridized carbons (Fsp3) is 0.429. The Kier molecular flexibility index (Phi) is 2.24. The molecule has 0 spiro atoms. The number of ketones is 1. The number of ether oxygens (including phenoxy) is 1. The molecule has 0 saturated carbocycles. The Labute approximate surface area is 106 Å². The molecule has 1 amide bonds. The van der Waals surface area contributed by atoms with E-state index >= 15 is 0 Å². The summed E-state index contributed by atoms with van der Waals surface area (Å²) in [5.74, 6) is 0.918. The first kappa shape index (κ1) is 11.3. The van der Waals surface area contributed by atoms with Gasteiger partial charge in [-0.2, -0.15) is 0 Å². The van der Waals surface area contributed by atoms with E-state index in [0.717, 1.165) is 5.56 Å². The third kappa shape index (κ3) is 1.32. The first-order chi connectivity index (χ1) is 8.56. The van der Waals surface area contributed by atoms with Gasteiger partial charge in [-0.05, 0) is 24.6 Å². The predicted octanol–water partition coefficient (Wildman–Crippen LogP) is 1.73. The van der Waals surface area contributed by atoms with E-state index in [0.29, 0.717) is 30.7 Å². The van der Waals surface area contributed by atoms with Gasteiger partial charge < -0.3 is 9.64 Å². The molecular formula is C14H15NO3. The van der Waals surface area contributed by atoms with Crippen LogP contribution in [0.3, 0.4) is 0 Å². The summed E-state index contributed by atoms with van der Waals surface area (Å²) in [5.41, 5.74) is 1.15. The number of benzene rings is 1. The van der Waals surface area contributed by atoms with Crippen molar-refractivity contribution in [1.29, 1.82) is 0 Å². The molecule has 0 aromatic heterocycles. The van der Waals surface area contributed by atoms with Crippen molar-refractivity contribution in [2.45, 2.75) is 25.3 Å². The van der Waals surface area contributed by atoms with Crippen LogP contribution in [0.25, 0.3) is 0 Å². The summed E-state index contributed by atoms with van der Waals surface area (Å²) in [5, 5.41) is 0. The summed E-state index contributed by atoms with van der Waals surface area (Å²) >= 11 is 0. The summed E-state index contributed by atoms with van der Waals surface area (Å²) in [4.78, 5) is 25.9. The summed E-state index contributed by atoms with van der Waals surface area (Å²) in [6, 6.07) is 5.52. The third-order valence-electron chi connectivity index (χ3n) is 4.03. The lowest BCUT2D eigenvalue weighted by atomic mass is 9.83. The largest absolute Gasteiger partial charge is 0.497 e. The van der Waals surface area contributed by atoms with E-state index in [4.69, 9.17) is 4.74 Å². The van der Waals surface area contributed by atoms with Crippen LogP contribution in [0.4, 0.5) is 0 Å². The Balaban J connectivity index is 2.15. The van der Waals surface area contributed by atoms with Crippen LogP contribution in [0.2, 0.25) is 0 Å². The number of hydrogen-bond donors (Lipinski definition) is 0. The van der Waals surface area contributed by atoms with Crippen molar-refractivity contribution < 1.29 is 14.3 Å². The molecule has 4 nitrogen and oxygen atoms in total. The number of fused-ring (bicyclic) bond motifs is 3. The van der Waals surface area contributed by atoms with Gasteiger partial charge in [0.25, 0.3) is 5.91 Å². The van der Waals surface area contributed by atoms with Gasteiger partial charge in [0, 0.05) is 24.9 Å². The van der Waals surface area contributed by atoms with Crippen molar-refractivity contribution in [2.24, 2.45) is 0 Å². The number of carbonyl (C=O) groups is 2. The maximum atomic E-state index is 12.4. The minimum absolute atomic E-state index is 0.0129. The Morgan fingerprint density at radius 1 is 1.33 bits per heavy atom. The second-order valence-electron chi connectivity index (χ2n) is 5.11. The van der Waals surface area contributed by atoms with Crippen molar-refractivity contribution in [3.8, 4) is 5.75 Å². The second kappa shape index (κ2) is 3.57. The maximum Gasteiger partial charge on any atom is 0.255 e. The maximum absolute atomic E-state index is 12.4. The van der Waals surface area contributed by atoms with Gasteiger partial charge in [0.1, 0.15) is 11.5 Å². The predicted molar refractivity (Wildman–Crippen MR) is 65.6 cm³/mol. The summed E-state index contributed by atoms with van der Waals surface area (Å²) in [7, 11) is 1.58. The fourth-order valence-corrected chi connectivity index (χ4v) is 3.06. The highest BCUT2D eigenvalue weighted by Gasteiger charge is 2.49. The molecule has 1 fully saturated rings. The number of hydrogen-bond acceptors (Lipinski definition) is 3. The van der Waals surface area contributed by atoms with Gasteiger partial charge in [-0.15, -0.1) is 0 Å². The Morgan fingerprint density at radius 3 is 2.83 bits per heavy atom. The zero-order valence-electron chi connectivity index (χ0n) is 10.5. The molecule has 1 atom stereocenters. The number of rotatable bonds is 1. The molecule has 0 radical (unpaired) electrons. The van der Waals surface area contributed by atoms with Crippen LogP contribution in [0.1, 0.15) is 35.7 Å². The molecule has 94 valence electrons. The topological polar surface area (TPSA) is 46.6 Å². The molecular weight excluding hydrogens is 230 g/mol. The highest BCUT2D eigenvalue weighted by Crippen LogP contribution is 2.44. The molecule has 1 aromatic carbocycles. The van der Waals surface area contributed by atoms with Crippen LogP contribution in [0, 0.1) is 0 Å². The smallest absolute Gasteiger partial charge is 0.255 e. The molecule has 2 aliphatic rings. The van der Waals surface area contributed by atoms with Crippen LogP contribution in [0.5, 0.6) is 5.75 Å². The molecule has 18 heavy (non-hydrogen) atoms. The Hall–Kier alpha value is -1.84. The average molecular weight is 245 g/mol. The van der Waals surface area contributed by atoms with E-state index in [1.165, 1.54) is 0 Å². The Bertz CT molecular complexity index is 552. The van der Waals surface area contributed by atoms with Gasteiger partial charge in [-0.1, -0.05) is 6.07 Å². The lowest BCUT2D eigenvalue weighted by Crippen LogP contribution is -2.47. The molecule has 0 aliphatic carbocycles. The van der Waals surface area contributed by atoms with Gasteiger partial charge in [0.2, 0.25) is 0 Å². The molecule has 1 unspecified atom stereocenters. The number of methoxy groups -OCH3 is 1. The molecule has 4 heteroatoms. The first-order valence-corrected chi connectivity index (χ1v) is 6.08. The fourth-order valence-electron chi connectivity index (χ4n) is 3.06. The Morgan fingerprint density at radius 2 is 2.11 bits per heavy atom. The number of nitrogens with zero attached hydrogens (tertiary/aromatic N) is 1. The van der Waals surface area contributed by atoms with Crippen LogP contribution >= 0.6 is 0 Å². The summed E-state index contributed by atoms with van der Waals surface area (Å²) < 4.78 is 5.16. The molecule has 0 N–H and O–H groups in total.